The van der Waals surface area contributed by atoms with Crippen molar-refractivity contribution in [1.29, 1.82) is 5.26 Å². The summed E-state index contributed by atoms with van der Waals surface area (Å²) in [6, 6.07) is 6.85. The van der Waals surface area contributed by atoms with Gasteiger partial charge < -0.3 is 15.5 Å². The summed E-state index contributed by atoms with van der Waals surface area (Å²) >= 11 is 3.61. The number of tetrazole rings is 1. The molecule has 0 radical (unpaired) electrons. The van der Waals surface area contributed by atoms with Crippen LogP contribution < -0.4 is 10.6 Å². The molecule has 10 heteroatoms. The Morgan fingerprint density at radius 3 is 2.97 bits per heavy atom. The van der Waals surface area contributed by atoms with Crippen LogP contribution in [-0.2, 0) is 18.3 Å². The van der Waals surface area contributed by atoms with E-state index in [-0.39, 0.29) is 6.04 Å². The lowest BCUT2D eigenvalue weighted by atomic mass is 9.72. The molecule has 4 heterocycles. The average molecular weight is 507 g/mol. The quantitative estimate of drug-likeness (QED) is 0.382. The van der Waals surface area contributed by atoms with Crippen molar-refractivity contribution >= 4 is 28.4 Å². The van der Waals surface area contributed by atoms with Gasteiger partial charge in [0.15, 0.2) is 5.82 Å². The van der Waals surface area contributed by atoms with Crippen LogP contribution in [0.1, 0.15) is 50.8 Å². The van der Waals surface area contributed by atoms with Crippen LogP contribution in [0.15, 0.2) is 36.4 Å². The molecule has 5 rings (SSSR count). The van der Waals surface area contributed by atoms with Gasteiger partial charge in [0.25, 0.3) is 0 Å². The van der Waals surface area contributed by atoms with Crippen molar-refractivity contribution in [3.05, 3.63) is 68.0 Å². The van der Waals surface area contributed by atoms with Crippen molar-refractivity contribution in [3.8, 4) is 6.07 Å². The van der Waals surface area contributed by atoms with Crippen molar-refractivity contribution in [2.75, 3.05) is 26.7 Å². The minimum absolute atomic E-state index is 0.0581. The first-order valence-corrected chi connectivity index (χ1v) is 13.6. The van der Waals surface area contributed by atoms with E-state index in [1.165, 1.54) is 20.9 Å². The standard InChI is InChI=1S/C25H30N8S2/c1-16(33-11-4-5-18(33)14-26)15-28-10-9-25(24-29-31-32-30-24)19-8-12-34-21(19)6-7-22-20(25)13-23(35-22)17(2)27-3/h8,12-13,18,27-28H,1-2,4-7,9-11,15H2,3H3,(H,29,30,31,32). The van der Waals surface area contributed by atoms with E-state index in [4.69, 9.17) is 0 Å². The van der Waals surface area contributed by atoms with Gasteiger partial charge in [0.05, 0.1) is 16.4 Å². The molecular weight excluding hydrogens is 476 g/mol. The number of likely N-dealkylation sites (tertiary alicyclic amines) is 1. The van der Waals surface area contributed by atoms with Gasteiger partial charge in [-0.1, -0.05) is 18.4 Å². The Bertz CT molecular complexity index is 1250. The second kappa shape index (κ2) is 9.93. The number of nitrogens with one attached hydrogen (secondary N) is 3. The second-order valence-electron chi connectivity index (χ2n) is 9.05. The predicted octanol–water partition coefficient (Wildman–Crippen LogP) is 3.43. The van der Waals surface area contributed by atoms with E-state index < -0.39 is 5.41 Å². The highest BCUT2D eigenvalue weighted by Gasteiger charge is 2.45. The van der Waals surface area contributed by atoms with Gasteiger partial charge in [-0.15, -0.1) is 32.9 Å². The molecule has 1 aliphatic heterocycles. The maximum Gasteiger partial charge on any atom is 0.189 e. The minimum atomic E-state index is -0.506. The van der Waals surface area contributed by atoms with Crippen molar-refractivity contribution in [1.82, 2.24) is 36.2 Å². The highest BCUT2D eigenvalue weighted by atomic mass is 32.1. The Labute approximate surface area is 213 Å². The van der Waals surface area contributed by atoms with E-state index in [0.29, 0.717) is 12.4 Å². The number of nitriles is 1. The van der Waals surface area contributed by atoms with E-state index in [1.807, 2.05) is 18.4 Å². The van der Waals surface area contributed by atoms with Crippen LogP contribution in [0.5, 0.6) is 0 Å². The first-order chi connectivity index (χ1) is 17.1. The number of hydrogen-bond donors (Lipinski definition) is 3. The normalized spacial score (nSPS) is 21.1. The van der Waals surface area contributed by atoms with Crippen LogP contribution in [0.25, 0.3) is 5.70 Å². The third kappa shape index (κ3) is 4.18. The van der Waals surface area contributed by atoms with Crippen molar-refractivity contribution in [2.24, 2.45) is 0 Å². The summed E-state index contributed by atoms with van der Waals surface area (Å²) in [6.45, 7) is 10.8. The fraction of sp³-hybridized carbons (Fsp3) is 0.440. The number of aromatic amines is 1. The number of fused-ring (bicyclic) bond motifs is 2. The summed E-state index contributed by atoms with van der Waals surface area (Å²) in [6.07, 6.45) is 4.72. The van der Waals surface area contributed by atoms with Crippen molar-refractivity contribution < 1.29 is 0 Å². The van der Waals surface area contributed by atoms with Gasteiger partial charge in [-0.2, -0.15) is 10.5 Å². The molecule has 2 aliphatic rings. The highest BCUT2D eigenvalue weighted by molar-refractivity contribution is 7.13. The van der Waals surface area contributed by atoms with Gasteiger partial charge in [-0.25, -0.2) is 0 Å². The Kier molecular flexibility index (Phi) is 6.73. The molecule has 1 fully saturated rings. The lowest BCUT2D eigenvalue weighted by Gasteiger charge is -2.32. The molecule has 0 amide bonds. The predicted molar refractivity (Wildman–Crippen MR) is 140 cm³/mol. The van der Waals surface area contributed by atoms with E-state index in [1.54, 1.807) is 11.3 Å². The topological polar surface area (TPSA) is 106 Å². The Morgan fingerprint density at radius 1 is 1.34 bits per heavy atom. The number of nitrogens with zero attached hydrogens (tertiary/aromatic N) is 5. The number of aryl methyl sites for hydroxylation is 2. The second-order valence-corrected chi connectivity index (χ2v) is 11.2. The molecule has 3 N–H and O–H groups in total. The Morgan fingerprint density at radius 2 is 2.20 bits per heavy atom. The molecule has 8 nitrogen and oxygen atoms in total. The monoisotopic (exact) mass is 506 g/mol. The maximum atomic E-state index is 9.43. The lowest BCUT2D eigenvalue weighted by molar-refractivity contribution is 0.359. The molecule has 0 saturated carbocycles. The van der Waals surface area contributed by atoms with E-state index >= 15 is 0 Å². The van der Waals surface area contributed by atoms with Gasteiger partial charge >= 0.3 is 0 Å². The van der Waals surface area contributed by atoms with Crippen LogP contribution in [0.2, 0.25) is 0 Å². The SMILES string of the molecule is C=C(NC)c1cc2c(s1)CCc1sccc1C2(CCNCC(=C)N1CCCC1C#N)c1nn[nH]n1. The Balaban J connectivity index is 1.46. The number of H-pyrrole nitrogens is 1. The van der Waals surface area contributed by atoms with E-state index in [2.05, 4.69) is 72.9 Å². The van der Waals surface area contributed by atoms with E-state index in [0.717, 1.165) is 61.5 Å². The molecule has 182 valence electrons. The number of aromatic nitrogens is 4. The highest BCUT2D eigenvalue weighted by Crippen LogP contribution is 2.49. The molecule has 35 heavy (non-hydrogen) atoms. The molecule has 3 aromatic rings. The third-order valence-electron chi connectivity index (χ3n) is 7.19. The molecule has 1 aliphatic carbocycles. The zero-order chi connectivity index (χ0) is 24.4. The molecular formula is C25H30N8S2. The fourth-order valence-electron chi connectivity index (χ4n) is 5.39. The first kappa shape index (κ1) is 23.7. The summed E-state index contributed by atoms with van der Waals surface area (Å²) in [4.78, 5) is 6.01. The zero-order valence-corrected chi connectivity index (χ0v) is 21.6. The van der Waals surface area contributed by atoms with Crippen molar-refractivity contribution in [2.45, 2.75) is 43.6 Å². The number of rotatable bonds is 9. The van der Waals surface area contributed by atoms with Crippen LogP contribution in [0, 0.1) is 11.3 Å². The third-order valence-corrected chi connectivity index (χ3v) is 9.43. The summed E-state index contributed by atoms with van der Waals surface area (Å²) in [5, 5.41) is 34.1. The van der Waals surface area contributed by atoms with Crippen LogP contribution in [0.4, 0.5) is 0 Å². The van der Waals surface area contributed by atoms with Crippen LogP contribution >= 0.6 is 22.7 Å². The number of thiophene rings is 2. The Hall–Kier alpha value is -3.00. The van der Waals surface area contributed by atoms with Gasteiger partial charge in [0.1, 0.15) is 6.04 Å². The number of hydrogen-bond acceptors (Lipinski definition) is 9. The van der Waals surface area contributed by atoms with Gasteiger partial charge in [-0.3, -0.25) is 0 Å². The molecule has 0 bridgehead atoms. The maximum absolute atomic E-state index is 9.43. The summed E-state index contributed by atoms with van der Waals surface area (Å²) < 4.78 is 0. The summed E-state index contributed by atoms with van der Waals surface area (Å²) in [5.74, 6) is 0.699. The zero-order valence-electron chi connectivity index (χ0n) is 19.9. The van der Waals surface area contributed by atoms with Gasteiger partial charge in [0, 0.05) is 41.3 Å². The lowest BCUT2D eigenvalue weighted by Crippen LogP contribution is -2.37. The molecule has 2 atom stereocenters. The first-order valence-electron chi connectivity index (χ1n) is 11.9. The smallest absolute Gasteiger partial charge is 0.189 e. The molecule has 3 aromatic heterocycles. The summed E-state index contributed by atoms with van der Waals surface area (Å²) in [7, 11) is 1.91. The van der Waals surface area contributed by atoms with E-state index in [9.17, 15) is 5.26 Å². The van der Waals surface area contributed by atoms with Crippen LogP contribution in [0.3, 0.4) is 0 Å². The van der Waals surface area contributed by atoms with Gasteiger partial charge in [0.2, 0.25) is 0 Å². The van der Waals surface area contributed by atoms with Crippen LogP contribution in [-0.4, -0.2) is 58.2 Å². The molecule has 0 aromatic carbocycles. The minimum Gasteiger partial charge on any atom is -0.387 e. The van der Waals surface area contributed by atoms with Gasteiger partial charge in [-0.05, 0) is 67.3 Å². The van der Waals surface area contributed by atoms with Crippen molar-refractivity contribution in [3.63, 3.8) is 0 Å². The summed E-state index contributed by atoms with van der Waals surface area (Å²) in [5.41, 5.74) is 3.91. The average Bonchev–Trinajstić information content (AvgIpc) is 3.68. The fourth-order valence-corrected chi connectivity index (χ4v) is 7.56. The molecule has 0 spiro atoms. The molecule has 1 saturated heterocycles. The molecule has 2 unspecified atom stereocenters. The largest absolute Gasteiger partial charge is 0.387 e.